The summed E-state index contributed by atoms with van der Waals surface area (Å²) in [5.74, 6) is 1.56. The Morgan fingerprint density at radius 2 is 0.946 bits per heavy atom. The molecule has 0 saturated heterocycles. The topological polar surface area (TPSA) is 30.7 Å². The van der Waals surface area contributed by atoms with E-state index in [-0.39, 0.29) is 0 Å². The Balaban J connectivity index is 1.49. The van der Waals surface area contributed by atoms with Crippen LogP contribution in [0.1, 0.15) is 0 Å². The van der Waals surface area contributed by atoms with Gasteiger partial charge in [-0.05, 0) is 29.3 Å². The first kappa shape index (κ1) is 21.3. The van der Waals surface area contributed by atoms with E-state index in [0.29, 0.717) is 5.82 Å². The van der Waals surface area contributed by atoms with Crippen LogP contribution >= 0.6 is 0 Å². The third-order valence-electron chi connectivity index (χ3n) is 6.82. The SMILES string of the molecule is c1ccc(-c2cccc(-c3cc(-n4c5ccccc5c5ccccc54)nc(-c4ccccc4)n3)c2)cc1. The molecule has 0 aliphatic heterocycles. The van der Waals surface area contributed by atoms with E-state index in [1.807, 2.05) is 24.3 Å². The van der Waals surface area contributed by atoms with E-state index in [0.717, 1.165) is 39.2 Å². The second-order valence-electron chi connectivity index (χ2n) is 9.12. The Morgan fingerprint density at radius 3 is 1.62 bits per heavy atom. The van der Waals surface area contributed by atoms with Crippen LogP contribution in [0.4, 0.5) is 0 Å². The molecule has 7 rings (SSSR count). The summed E-state index contributed by atoms with van der Waals surface area (Å²) >= 11 is 0. The van der Waals surface area contributed by atoms with Gasteiger partial charge in [-0.25, -0.2) is 9.97 Å². The molecule has 3 nitrogen and oxygen atoms in total. The van der Waals surface area contributed by atoms with Crippen LogP contribution in [-0.4, -0.2) is 14.5 Å². The molecule has 0 aliphatic rings. The zero-order valence-electron chi connectivity index (χ0n) is 20.1. The lowest BCUT2D eigenvalue weighted by Gasteiger charge is -2.12. The Labute approximate surface area is 215 Å². The van der Waals surface area contributed by atoms with Gasteiger partial charge in [-0.3, -0.25) is 4.57 Å². The van der Waals surface area contributed by atoms with Crippen molar-refractivity contribution in [3.63, 3.8) is 0 Å². The molecular weight excluding hydrogens is 450 g/mol. The van der Waals surface area contributed by atoms with Crippen molar-refractivity contribution in [2.45, 2.75) is 0 Å². The summed E-state index contributed by atoms with van der Waals surface area (Å²) in [5.41, 5.74) is 7.55. The average molecular weight is 474 g/mol. The predicted molar refractivity (Wildman–Crippen MR) is 153 cm³/mol. The predicted octanol–water partition coefficient (Wildman–Crippen LogP) is 8.57. The minimum Gasteiger partial charge on any atom is -0.294 e. The van der Waals surface area contributed by atoms with Crippen molar-refractivity contribution in [1.29, 1.82) is 0 Å². The summed E-state index contributed by atoms with van der Waals surface area (Å²) in [6.45, 7) is 0. The lowest BCUT2D eigenvalue weighted by molar-refractivity contribution is 1.05. The number of hydrogen-bond acceptors (Lipinski definition) is 2. The molecule has 37 heavy (non-hydrogen) atoms. The maximum Gasteiger partial charge on any atom is 0.162 e. The summed E-state index contributed by atoms with van der Waals surface area (Å²) < 4.78 is 2.25. The molecule has 2 aromatic heterocycles. The van der Waals surface area contributed by atoms with Gasteiger partial charge in [0.25, 0.3) is 0 Å². The average Bonchev–Trinajstić information content (AvgIpc) is 3.32. The van der Waals surface area contributed by atoms with Crippen LogP contribution in [0.15, 0.2) is 140 Å². The minimum absolute atomic E-state index is 0.708. The molecule has 0 N–H and O–H groups in total. The molecule has 0 bridgehead atoms. The van der Waals surface area contributed by atoms with Crippen molar-refractivity contribution >= 4 is 21.8 Å². The fraction of sp³-hybridized carbons (Fsp3) is 0. The molecule has 174 valence electrons. The number of benzene rings is 5. The summed E-state index contributed by atoms with van der Waals surface area (Å²) in [6, 6.07) is 48.4. The van der Waals surface area contributed by atoms with Crippen LogP contribution in [0.2, 0.25) is 0 Å². The van der Waals surface area contributed by atoms with Gasteiger partial charge in [0, 0.05) is 28.0 Å². The molecule has 3 heteroatoms. The summed E-state index contributed by atoms with van der Waals surface area (Å²) in [6.07, 6.45) is 0. The van der Waals surface area contributed by atoms with Crippen LogP contribution in [-0.2, 0) is 0 Å². The Hall–Kier alpha value is -5.02. The monoisotopic (exact) mass is 473 g/mol. The number of aromatic nitrogens is 3. The van der Waals surface area contributed by atoms with Crippen LogP contribution < -0.4 is 0 Å². The zero-order chi connectivity index (χ0) is 24.6. The van der Waals surface area contributed by atoms with Crippen LogP contribution in [0.25, 0.3) is 61.4 Å². The number of hydrogen-bond donors (Lipinski definition) is 0. The second-order valence-corrected chi connectivity index (χ2v) is 9.12. The van der Waals surface area contributed by atoms with E-state index < -0.39 is 0 Å². The van der Waals surface area contributed by atoms with Gasteiger partial charge in [0.05, 0.1) is 16.7 Å². The largest absolute Gasteiger partial charge is 0.294 e. The number of fused-ring (bicyclic) bond motifs is 3. The van der Waals surface area contributed by atoms with Gasteiger partial charge in [-0.1, -0.05) is 115 Å². The molecule has 0 atom stereocenters. The Morgan fingerprint density at radius 1 is 0.405 bits per heavy atom. The third kappa shape index (κ3) is 3.78. The third-order valence-corrected chi connectivity index (χ3v) is 6.82. The molecule has 0 aliphatic carbocycles. The first-order valence-corrected chi connectivity index (χ1v) is 12.4. The molecular formula is C34H23N3. The van der Waals surface area contributed by atoms with E-state index in [9.17, 15) is 0 Å². The maximum atomic E-state index is 5.10. The molecule has 0 fully saturated rings. The quantitative estimate of drug-likeness (QED) is 0.256. The molecule has 0 radical (unpaired) electrons. The van der Waals surface area contributed by atoms with E-state index >= 15 is 0 Å². The van der Waals surface area contributed by atoms with Gasteiger partial charge in [-0.15, -0.1) is 0 Å². The van der Waals surface area contributed by atoms with Crippen LogP contribution in [0, 0.1) is 0 Å². The van der Waals surface area contributed by atoms with Gasteiger partial charge in [0.1, 0.15) is 5.82 Å². The normalized spacial score (nSPS) is 11.2. The van der Waals surface area contributed by atoms with Crippen LogP contribution in [0.5, 0.6) is 0 Å². The first-order chi connectivity index (χ1) is 18.3. The Bertz CT molecular complexity index is 1820. The highest BCUT2D eigenvalue weighted by Gasteiger charge is 2.16. The van der Waals surface area contributed by atoms with E-state index in [4.69, 9.17) is 9.97 Å². The van der Waals surface area contributed by atoms with E-state index in [2.05, 4.69) is 120 Å². The van der Waals surface area contributed by atoms with Gasteiger partial charge in [0.2, 0.25) is 0 Å². The first-order valence-electron chi connectivity index (χ1n) is 12.4. The smallest absolute Gasteiger partial charge is 0.162 e. The van der Waals surface area contributed by atoms with Crippen molar-refractivity contribution in [2.24, 2.45) is 0 Å². The summed E-state index contributed by atoms with van der Waals surface area (Å²) in [5, 5.41) is 2.43. The molecule has 0 spiro atoms. The molecule has 0 unspecified atom stereocenters. The lowest BCUT2D eigenvalue weighted by atomic mass is 10.0. The van der Waals surface area contributed by atoms with Crippen molar-refractivity contribution in [3.05, 3.63) is 140 Å². The van der Waals surface area contributed by atoms with Crippen molar-refractivity contribution in [2.75, 3.05) is 0 Å². The van der Waals surface area contributed by atoms with Crippen molar-refractivity contribution in [3.8, 4) is 39.6 Å². The zero-order valence-corrected chi connectivity index (χ0v) is 20.1. The fourth-order valence-electron chi connectivity index (χ4n) is 5.07. The highest BCUT2D eigenvalue weighted by molar-refractivity contribution is 6.09. The van der Waals surface area contributed by atoms with E-state index in [1.54, 1.807) is 0 Å². The molecule has 7 aromatic rings. The lowest BCUT2D eigenvalue weighted by Crippen LogP contribution is -2.02. The number of rotatable bonds is 4. The highest BCUT2D eigenvalue weighted by atomic mass is 15.1. The van der Waals surface area contributed by atoms with Gasteiger partial charge >= 0.3 is 0 Å². The number of nitrogens with zero attached hydrogens (tertiary/aromatic N) is 3. The molecule has 2 heterocycles. The standard InChI is InChI=1S/C34H23N3/c1-3-12-24(13-4-1)26-16-11-17-27(22-26)30-23-33(36-34(35-30)25-14-5-2-6-15-25)37-31-20-9-7-18-28(31)29-19-8-10-21-32(29)37/h1-23H. The molecule has 0 saturated carbocycles. The van der Waals surface area contributed by atoms with Gasteiger partial charge in [-0.2, -0.15) is 0 Å². The number of para-hydroxylation sites is 2. The van der Waals surface area contributed by atoms with Gasteiger partial charge in [0.15, 0.2) is 5.82 Å². The maximum absolute atomic E-state index is 5.10. The van der Waals surface area contributed by atoms with Gasteiger partial charge < -0.3 is 0 Å². The highest BCUT2D eigenvalue weighted by Crippen LogP contribution is 2.34. The van der Waals surface area contributed by atoms with Crippen molar-refractivity contribution < 1.29 is 0 Å². The summed E-state index contributed by atoms with van der Waals surface area (Å²) in [4.78, 5) is 10.2. The van der Waals surface area contributed by atoms with Crippen molar-refractivity contribution in [1.82, 2.24) is 14.5 Å². The Kier molecular flexibility index (Phi) is 5.11. The molecule has 5 aromatic carbocycles. The summed E-state index contributed by atoms with van der Waals surface area (Å²) in [7, 11) is 0. The second kappa shape index (κ2) is 8.89. The molecule has 0 amide bonds. The fourth-order valence-corrected chi connectivity index (χ4v) is 5.07. The van der Waals surface area contributed by atoms with E-state index in [1.165, 1.54) is 16.3 Å². The van der Waals surface area contributed by atoms with Crippen LogP contribution in [0.3, 0.4) is 0 Å². The minimum atomic E-state index is 0.708.